The van der Waals surface area contributed by atoms with Crippen LogP contribution in [0.4, 0.5) is 0 Å². The number of amides is 1. The Morgan fingerprint density at radius 3 is 1.20 bits per heavy atom. The number of aliphatic hydroxyl groups excluding tert-OH is 2. The van der Waals surface area contributed by atoms with E-state index in [2.05, 4.69) is 31.3 Å². The van der Waals surface area contributed by atoms with Gasteiger partial charge in [-0.1, -0.05) is 251 Å². The van der Waals surface area contributed by atoms with Gasteiger partial charge in [0, 0.05) is 12.8 Å². The van der Waals surface area contributed by atoms with Crippen LogP contribution in [0, 0.1) is 0 Å². The second-order valence-electron chi connectivity index (χ2n) is 18.9. The molecule has 0 aromatic heterocycles. The number of allylic oxidation sites excluding steroid dienone is 2. The van der Waals surface area contributed by atoms with E-state index >= 15 is 0 Å². The van der Waals surface area contributed by atoms with Gasteiger partial charge in [-0.25, -0.2) is 0 Å². The molecule has 0 aliphatic carbocycles. The first-order valence-electron chi connectivity index (χ1n) is 27.4. The molecule has 0 aliphatic heterocycles. The van der Waals surface area contributed by atoms with Crippen LogP contribution in [0.5, 0.6) is 0 Å². The number of esters is 1. The molecule has 0 spiro atoms. The van der Waals surface area contributed by atoms with Crippen LogP contribution in [0.1, 0.15) is 303 Å². The number of rotatable bonds is 51. The van der Waals surface area contributed by atoms with Crippen molar-refractivity contribution in [3.63, 3.8) is 0 Å². The third-order valence-corrected chi connectivity index (χ3v) is 12.8. The molecule has 362 valence electrons. The predicted octanol–water partition coefficient (Wildman–Crippen LogP) is 16.5. The average molecular weight is 862 g/mol. The fourth-order valence-corrected chi connectivity index (χ4v) is 8.58. The summed E-state index contributed by atoms with van der Waals surface area (Å²) in [5.74, 6) is -0.0604. The van der Waals surface area contributed by atoms with Crippen molar-refractivity contribution >= 4 is 11.9 Å². The Morgan fingerprint density at radius 2 is 0.770 bits per heavy atom. The van der Waals surface area contributed by atoms with Crippen LogP contribution in [-0.4, -0.2) is 47.4 Å². The zero-order valence-electron chi connectivity index (χ0n) is 41.2. The van der Waals surface area contributed by atoms with Crippen LogP contribution in [0.3, 0.4) is 0 Å². The Bertz CT molecular complexity index is 909. The molecule has 3 N–H and O–H groups in total. The molecule has 0 radical (unpaired) electrons. The first kappa shape index (κ1) is 59.6. The minimum Gasteiger partial charge on any atom is -0.466 e. The summed E-state index contributed by atoms with van der Waals surface area (Å²) in [7, 11) is 0. The Hall–Kier alpha value is -1.40. The number of nitrogens with one attached hydrogen (secondary N) is 1. The molecule has 0 aromatic carbocycles. The van der Waals surface area contributed by atoms with E-state index in [-0.39, 0.29) is 18.5 Å². The van der Waals surface area contributed by atoms with Crippen LogP contribution in [-0.2, 0) is 14.3 Å². The van der Waals surface area contributed by atoms with Crippen LogP contribution in [0.2, 0.25) is 0 Å². The first-order chi connectivity index (χ1) is 30.0. The van der Waals surface area contributed by atoms with Gasteiger partial charge in [-0.05, 0) is 51.4 Å². The highest BCUT2D eigenvalue weighted by atomic mass is 16.5. The van der Waals surface area contributed by atoms with Gasteiger partial charge in [0.15, 0.2) is 0 Å². The van der Waals surface area contributed by atoms with Gasteiger partial charge >= 0.3 is 5.97 Å². The van der Waals surface area contributed by atoms with Crippen molar-refractivity contribution in [1.82, 2.24) is 5.32 Å². The Labute approximate surface area is 380 Å². The molecule has 2 atom stereocenters. The molecule has 61 heavy (non-hydrogen) atoms. The van der Waals surface area contributed by atoms with E-state index in [0.29, 0.717) is 25.9 Å². The van der Waals surface area contributed by atoms with E-state index < -0.39 is 12.1 Å². The molecule has 1 amide bonds. The molecule has 0 aliphatic rings. The van der Waals surface area contributed by atoms with Gasteiger partial charge in [-0.3, -0.25) is 9.59 Å². The first-order valence-corrected chi connectivity index (χ1v) is 27.4. The van der Waals surface area contributed by atoms with Gasteiger partial charge in [0.25, 0.3) is 0 Å². The fourth-order valence-electron chi connectivity index (χ4n) is 8.58. The monoisotopic (exact) mass is 862 g/mol. The lowest BCUT2D eigenvalue weighted by Gasteiger charge is -2.22. The minimum atomic E-state index is -0.673. The molecule has 0 bridgehead atoms. The molecular weight excluding hydrogens is 755 g/mol. The number of carbonyl (C=O) groups excluding carboxylic acids is 2. The molecule has 0 heterocycles. The predicted molar refractivity (Wildman–Crippen MR) is 264 cm³/mol. The molecule has 0 aromatic rings. The highest BCUT2D eigenvalue weighted by Gasteiger charge is 2.20. The van der Waals surface area contributed by atoms with E-state index in [1.54, 1.807) is 0 Å². The topological polar surface area (TPSA) is 95.9 Å². The average Bonchev–Trinajstić information content (AvgIpc) is 3.26. The second kappa shape index (κ2) is 51.2. The smallest absolute Gasteiger partial charge is 0.305 e. The lowest BCUT2D eigenvalue weighted by Crippen LogP contribution is -2.45. The quantitative estimate of drug-likeness (QED) is 0.0322. The fraction of sp³-hybridized carbons (Fsp3) is 0.927. The van der Waals surface area contributed by atoms with Crippen molar-refractivity contribution in [2.45, 2.75) is 315 Å². The highest BCUT2D eigenvalue weighted by Crippen LogP contribution is 2.17. The molecule has 2 unspecified atom stereocenters. The Morgan fingerprint density at radius 1 is 0.443 bits per heavy atom. The van der Waals surface area contributed by atoms with Crippen molar-refractivity contribution < 1.29 is 24.5 Å². The number of hydrogen-bond donors (Lipinski definition) is 3. The number of aliphatic hydroxyl groups is 2. The van der Waals surface area contributed by atoms with Crippen LogP contribution >= 0.6 is 0 Å². The van der Waals surface area contributed by atoms with Crippen molar-refractivity contribution in [1.29, 1.82) is 0 Å². The van der Waals surface area contributed by atoms with Gasteiger partial charge in [0.05, 0.1) is 25.4 Å². The Kier molecular flexibility index (Phi) is 50.1. The van der Waals surface area contributed by atoms with E-state index in [4.69, 9.17) is 4.74 Å². The molecule has 0 rings (SSSR count). The minimum absolute atomic E-state index is 0.0148. The number of hydrogen-bond acceptors (Lipinski definition) is 5. The zero-order chi connectivity index (χ0) is 44.4. The molecule has 0 saturated carbocycles. The summed E-state index contributed by atoms with van der Waals surface area (Å²) in [6.45, 7) is 4.91. The number of ether oxygens (including phenoxy) is 1. The van der Waals surface area contributed by atoms with Crippen LogP contribution in [0.25, 0.3) is 0 Å². The van der Waals surface area contributed by atoms with Gasteiger partial charge < -0.3 is 20.3 Å². The maximum Gasteiger partial charge on any atom is 0.305 e. The van der Waals surface area contributed by atoms with Crippen LogP contribution in [0.15, 0.2) is 12.2 Å². The van der Waals surface area contributed by atoms with Gasteiger partial charge in [-0.2, -0.15) is 0 Å². The molecule has 6 heteroatoms. The van der Waals surface area contributed by atoms with Crippen molar-refractivity contribution in [2.24, 2.45) is 0 Å². The highest BCUT2D eigenvalue weighted by molar-refractivity contribution is 5.76. The SMILES string of the molecule is CCCCC/C=C\CCCCCCCC(=O)OCCCCCCCCCCCCCCCC(=O)NC(CO)C(O)CCCCCCCCCCCCCCCCCCCCC. The summed E-state index contributed by atoms with van der Waals surface area (Å²) < 4.78 is 5.45. The summed E-state index contributed by atoms with van der Waals surface area (Å²) in [4.78, 5) is 24.5. The molecule has 6 nitrogen and oxygen atoms in total. The Balaban J connectivity index is 3.45. The summed E-state index contributed by atoms with van der Waals surface area (Å²) in [5.41, 5.74) is 0. The standard InChI is InChI=1S/C55H107NO5/c1-3-5-7-9-11-13-15-17-18-19-20-21-22-24-27-31-35-39-43-47-53(58)52(51-57)56-54(59)48-44-40-36-32-28-25-23-26-30-34-38-42-46-50-61-55(60)49-45-41-37-33-29-16-14-12-10-8-6-4-2/h12,14,52-53,57-58H,3-11,13,15-51H2,1-2H3,(H,56,59)/b14-12-. The van der Waals surface area contributed by atoms with E-state index in [9.17, 15) is 19.8 Å². The van der Waals surface area contributed by atoms with Gasteiger partial charge in [0.1, 0.15) is 0 Å². The zero-order valence-corrected chi connectivity index (χ0v) is 41.2. The molecule has 0 fully saturated rings. The second-order valence-corrected chi connectivity index (χ2v) is 18.9. The van der Waals surface area contributed by atoms with Gasteiger partial charge in [-0.15, -0.1) is 0 Å². The maximum atomic E-state index is 12.5. The lowest BCUT2D eigenvalue weighted by atomic mass is 10.0. The van der Waals surface area contributed by atoms with Crippen molar-refractivity contribution in [3.05, 3.63) is 12.2 Å². The van der Waals surface area contributed by atoms with E-state index in [0.717, 1.165) is 51.4 Å². The summed E-state index contributed by atoms with van der Waals surface area (Å²) in [6, 6.07) is -0.551. The van der Waals surface area contributed by atoms with Crippen LogP contribution < -0.4 is 5.32 Å². The van der Waals surface area contributed by atoms with Crippen molar-refractivity contribution in [3.8, 4) is 0 Å². The third kappa shape index (κ3) is 47.9. The number of carbonyl (C=O) groups is 2. The molecule has 0 saturated heterocycles. The summed E-state index contributed by atoms with van der Waals surface area (Å²) in [6.07, 6.45) is 59.0. The molecular formula is C55H107NO5. The van der Waals surface area contributed by atoms with Gasteiger partial charge in [0.2, 0.25) is 5.91 Å². The largest absolute Gasteiger partial charge is 0.466 e. The van der Waals surface area contributed by atoms with Crippen molar-refractivity contribution in [2.75, 3.05) is 13.2 Å². The summed E-state index contributed by atoms with van der Waals surface area (Å²) >= 11 is 0. The maximum absolute atomic E-state index is 12.5. The normalized spacial score (nSPS) is 12.7. The van der Waals surface area contributed by atoms with E-state index in [1.165, 1.54) is 218 Å². The number of unbranched alkanes of at least 4 members (excludes halogenated alkanes) is 38. The third-order valence-electron chi connectivity index (χ3n) is 12.8. The van der Waals surface area contributed by atoms with E-state index in [1.807, 2.05) is 0 Å². The summed E-state index contributed by atoms with van der Waals surface area (Å²) in [5, 5.41) is 23.3. The lowest BCUT2D eigenvalue weighted by molar-refractivity contribution is -0.143.